The summed E-state index contributed by atoms with van der Waals surface area (Å²) < 4.78 is 11.2. The summed E-state index contributed by atoms with van der Waals surface area (Å²) in [4.78, 5) is 16.9. The van der Waals surface area contributed by atoms with Crippen LogP contribution in [0, 0.1) is 0 Å². The van der Waals surface area contributed by atoms with Crippen LogP contribution in [0.2, 0.25) is 5.02 Å². The van der Waals surface area contributed by atoms with Gasteiger partial charge in [-0.05, 0) is 29.8 Å². The van der Waals surface area contributed by atoms with E-state index in [4.69, 9.17) is 26.8 Å². The van der Waals surface area contributed by atoms with E-state index in [-0.39, 0.29) is 24.5 Å². The number of amides is 1. The van der Waals surface area contributed by atoms with E-state index < -0.39 is 5.91 Å². The number of carbonyl (C=O) groups excluding carboxylic acids is 1. The number of pyridine rings is 1. The van der Waals surface area contributed by atoms with E-state index in [0.717, 1.165) is 16.9 Å². The maximum Gasteiger partial charge on any atom is 0.294 e. The minimum atomic E-state index is -0.693. The summed E-state index contributed by atoms with van der Waals surface area (Å²) in [6.45, 7) is -0.0715. The zero-order valence-electron chi connectivity index (χ0n) is 17.5. The number of primary amides is 1. The fourth-order valence-corrected chi connectivity index (χ4v) is 4.07. The Morgan fingerprint density at radius 2 is 1.88 bits per heavy atom. The zero-order valence-corrected chi connectivity index (χ0v) is 19.1. The Bertz CT molecular complexity index is 1290. The molecule has 3 N–H and O–H groups in total. The molecule has 33 heavy (non-hydrogen) atoms. The number of para-hydroxylation sites is 1. The average Bonchev–Trinajstić information content (AvgIpc) is 3.31. The predicted octanol–water partition coefficient (Wildman–Crippen LogP) is 4.10. The molecule has 0 saturated heterocycles. The van der Waals surface area contributed by atoms with E-state index in [9.17, 15) is 9.90 Å². The molecule has 0 aliphatic heterocycles. The molecular weight excluding hydrogens is 464 g/mol. The highest BCUT2D eigenvalue weighted by molar-refractivity contribution is 7.16. The lowest BCUT2D eigenvalue weighted by Crippen LogP contribution is -2.16. The topological polar surface area (TPSA) is 120 Å². The molecule has 0 aliphatic carbocycles. The lowest BCUT2D eigenvalue weighted by Gasteiger charge is -2.15. The smallest absolute Gasteiger partial charge is 0.294 e. The van der Waals surface area contributed by atoms with Crippen LogP contribution in [0.3, 0.4) is 0 Å². The molecule has 4 aromatic rings. The third kappa shape index (κ3) is 4.95. The molecule has 8 nitrogen and oxygen atoms in total. The van der Waals surface area contributed by atoms with Crippen LogP contribution in [0.15, 0.2) is 54.6 Å². The number of methoxy groups -OCH3 is 1. The Morgan fingerprint density at radius 1 is 1.12 bits per heavy atom. The van der Waals surface area contributed by atoms with Gasteiger partial charge in [-0.25, -0.2) is 4.98 Å². The third-order valence-corrected chi connectivity index (χ3v) is 5.86. The molecular formula is C23H19ClN4O4S. The fourth-order valence-electron chi connectivity index (χ4n) is 3.25. The molecule has 4 rings (SSSR count). The zero-order chi connectivity index (χ0) is 23.4. The van der Waals surface area contributed by atoms with Crippen LogP contribution in [-0.4, -0.2) is 33.3 Å². The number of aromatic nitrogens is 3. The maximum absolute atomic E-state index is 12.5. The van der Waals surface area contributed by atoms with Gasteiger partial charge in [0.1, 0.15) is 18.1 Å². The van der Waals surface area contributed by atoms with Gasteiger partial charge in [-0.3, -0.25) is 4.79 Å². The van der Waals surface area contributed by atoms with Crippen molar-refractivity contribution in [2.75, 3.05) is 7.11 Å². The average molecular weight is 483 g/mol. The van der Waals surface area contributed by atoms with Crippen molar-refractivity contribution in [3.63, 3.8) is 0 Å². The van der Waals surface area contributed by atoms with Crippen LogP contribution in [0.25, 0.3) is 21.8 Å². The number of halogens is 1. The van der Waals surface area contributed by atoms with Crippen molar-refractivity contribution >= 4 is 28.8 Å². The first-order chi connectivity index (χ1) is 16.0. The minimum Gasteiger partial charge on any atom is -0.496 e. The van der Waals surface area contributed by atoms with Gasteiger partial charge < -0.3 is 20.3 Å². The lowest BCUT2D eigenvalue weighted by atomic mass is 9.96. The molecule has 0 spiro atoms. The van der Waals surface area contributed by atoms with Crippen LogP contribution in [0.1, 0.15) is 21.6 Å². The number of nitrogens with zero attached hydrogens (tertiary/aromatic N) is 3. The molecule has 168 valence electrons. The second kappa shape index (κ2) is 9.95. The standard InChI is InChI=1S/C23H19ClN4O4S/c1-31-18-5-3-2-4-16(18)17-10-15(11-29)26-20(19(17)21(25)30)22-27-28-23(33-22)32-12-13-6-8-14(24)9-7-13/h2-10,29H,11-12H2,1H3,(H2,25,30). The number of rotatable bonds is 8. The molecule has 0 saturated carbocycles. The number of nitrogens with two attached hydrogens (primary N) is 1. The molecule has 10 heteroatoms. The number of aliphatic hydroxyl groups is 1. The van der Waals surface area contributed by atoms with Gasteiger partial charge in [-0.1, -0.05) is 58.4 Å². The van der Waals surface area contributed by atoms with Gasteiger partial charge in [0.05, 0.1) is 25.0 Å². The van der Waals surface area contributed by atoms with Crippen molar-refractivity contribution in [1.82, 2.24) is 15.2 Å². The van der Waals surface area contributed by atoms with Crippen molar-refractivity contribution in [1.29, 1.82) is 0 Å². The highest BCUT2D eigenvalue weighted by atomic mass is 35.5. The molecule has 0 fully saturated rings. The van der Waals surface area contributed by atoms with Crippen molar-refractivity contribution in [3.05, 3.63) is 76.4 Å². The van der Waals surface area contributed by atoms with Crippen molar-refractivity contribution in [3.8, 4) is 32.8 Å². The van der Waals surface area contributed by atoms with Crippen LogP contribution < -0.4 is 15.2 Å². The number of aliphatic hydroxyl groups excluding tert-OH is 1. The first-order valence-electron chi connectivity index (χ1n) is 9.79. The lowest BCUT2D eigenvalue weighted by molar-refractivity contribution is 0.100. The molecule has 0 bridgehead atoms. The summed E-state index contributed by atoms with van der Waals surface area (Å²) in [6.07, 6.45) is 0. The largest absolute Gasteiger partial charge is 0.496 e. The molecule has 2 aromatic carbocycles. The molecule has 0 atom stereocenters. The molecule has 1 amide bonds. The van der Waals surface area contributed by atoms with Gasteiger partial charge >= 0.3 is 0 Å². The normalized spacial score (nSPS) is 10.8. The summed E-state index contributed by atoms with van der Waals surface area (Å²) in [7, 11) is 1.53. The van der Waals surface area contributed by atoms with E-state index in [1.165, 1.54) is 7.11 Å². The second-order valence-corrected chi connectivity index (χ2v) is 8.27. The van der Waals surface area contributed by atoms with Gasteiger partial charge in [-0.15, -0.1) is 5.10 Å². The summed E-state index contributed by atoms with van der Waals surface area (Å²) in [6, 6.07) is 16.1. The Kier molecular flexibility index (Phi) is 6.83. The summed E-state index contributed by atoms with van der Waals surface area (Å²) in [5.74, 6) is -0.146. The van der Waals surface area contributed by atoms with Crippen LogP contribution in [-0.2, 0) is 13.2 Å². The molecule has 0 aliphatic rings. The van der Waals surface area contributed by atoms with Gasteiger partial charge in [0, 0.05) is 16.1 Å². The Hall–Kier alpha value is -3.53. The van der Waals surface area contributed by atoms with E-state index in [1.54, 1.807) is 30.3 Å². The van der Waals surface area contributed by atoms with Gasteiger partial charge in [0.25, 0.3) is 11.1 Å². The van der Waals surface area contributed by atoms with E-state index >= 15 is 0 Å². The summed E-state index contributed by atoms with van der Waals surface area (Å²) in [5.41, 5.74) is 8.49. The third-order valence-electron chi connectivity index (χ3n) is 4.76. The fraction of sp³-hybridized carbons (Fsp3) is 0.130. The molecule has 2 heterocycles. The monoisotopic (exact) mass is 482 g/mol. The van der Waals surface area contributed by atoms with Crippen molar-refractivity contribution in [2.45, 2.75) is 13.2 Å². The first-order valence-corrected chi connectivity index (χ1v) is 11.0. The van der Waals surface area contributed by atoms with Crippen LogP contribution in [0.4, 0.5) is 0 Å². The molecule has 0 radical (unpaired) electrons. The second-order valence-electron chi connectivity index (χ2n) is 6.90. The van der Waals surface area contributed by atoms with Crippen LogP contribution in [0.5, 0.6) is 10.9 Å². The van der Waals surface area contributed by atoms with Crippen LogP contribution >= 0.6 is 22.9 Å². The summed E-state index contributed by atoms with van der Waals surface area (Å²) >= 11 is 7.03. The Labute approximate surface area is 198 Å². The highest BCUT2D eigenvalue weighted by Gasteiger charge is 2.24. The minimum absolute atomic E-state index is 0.150. The Balaban J connectivity index is 1.74. The molecule has 0 unspecified atom stereocenters. The number of benzene rings is 2. The van der Waals surface area contributed by atoms with Gasteiger partial charge in [0.2, 0.25) is 0 Å². The van der Waals surface area contributed by atoms with Gasteiger partial charge in [-0.2, -0.15) is 0 Å². The maximum atomic E-state index is 12.5. The number of hydrogen-bond acceptors (Lipinski definition) is 8. The SMILES string of the molecule is COc1ccccc1-c1cc(CO)nc(-c2nnc(OCc3ccc(Cl)cc3)s2)c1C(N)=O. The highest BCUT2D eigenvalue weighted by Crippen LogP contribution is 2.38. The molecule has 2 aromatic heterocycles. The number of hydrogen-bond donors (Lipinski definition) is 2. The van der Waals surface area contributed by atoms with Gasteiger partial charge in [0.15, 0.2) is 5.01 Å². The summed E-state index contributed by atoms with van der Waals surface area (Å²) in [5, 5.41) is 19.3. The van der Waals surface area contributed by atoms with Crippen molar-refractivity contribution in [2.24, 2.45) is 5.73 Å². The predicted molar refractivity (Wildman–Crippen MR) is 125 cm³/mol. The van der Waals surface area contributed by atoms with E-state index in [0.29, 0.717) is 37.8 Å². The quantitative estimate of drug-likeness (QED) is 0.388. The first kappa shape index (κ1) is 22.7. The number of carbonyl (C=O) groups is 1. The van der Waals surface area contributed by atoms with E-state index in [1.807, 2.05) is 24.3 Å². The number of ether oxygens (including phenoxy) is 2. The van der Waals surface area contributed by atoms with E-state index in [2.05, 4.69) is 15.2 Å². The van der Waals surface area contributed by atoms with Crippen molar-refractivity contribution < 1.29 is 19.4 Å². The Morgan fingerprint density at radius 3 is 2.58 bits per heavy atom.